The Bertz CT molecular complexity index is 899. The maximum absolute atomic E-state index is 13.3. The Morgan fingerprint density at radius 1 is 1.25 bits per heavy atom. The molecule has 1 heterocycles. The lowest BCUT2D eigenvalue weighted by atomic mass is 10.1. The van der Waals surface area contributed by atoms with E-state index in [2.05, 4.69) is 15.4 Å². The van der Waals surface area contributed by atoms with E-state index in [1.807, 2.05) is 19.1 Å². The number of fused-ring (bicyclic) bond motifs is 1. The van der Waals surface area contributed by atoms with E-state index in [0.29, 0.717) is 5.69 Å². The first-order valence-electron chi connectivity index (χ1n) is 7.37. The minimum absolute atomic E-state index is 0.0520. The van der Waals surface area contributed by atoms with Crippen LogP contribution in [0.2, 0.25) is 0 Å². The fourth-order valence-electron chi connectivity index (χ4n) is 2.46. The maximum Gasteiger partial charge on any atom is 0.262 e. The summed E-state index contributed by atoms with van der Waals surface area (Å²) in [4.78, 5) is 12.3. The normalized spacial score (nSPS) is 18.3. The van der Waals surface area contributed by atoms with E-state index in [-0.39, 0.29) is 10.6 Å². The number of carbonyl (C=O) groups is 1. The fraction of sp³-hybridized carbons (Fsp3) is 0.188. The minimum atomic E-state index is -3.90. The topological polar surface area (TPSA) is 87.3 Å². The highest BCUT2D eigenvalue weighted by Gasteiger charge is 2.33. The maximum atomic E-state index is 13.3. The molecular weight excluding hydrogens is 333 g/mol. The van der Waals surface area contributed by atoms with E-state index in [1.165, 1.54) is 0 Å². The molecule has 1 aliphatic rings. The predicted molar refractivity (Wildman–Crippen MR) is 88.6 cm³/mol. The van der Waals surface area contributed by atoms with Crippen molar-refractivity contribution < 1.29 is 17.6 Å². The van der Waals surface area contributed by atoms with Crippen molar-refractivity contribution in [1.29, 1.82) is 0 Å². The van der Waals surface area contributed by atoms with E-state index in [9.17, 15) is 17.6 Å². The molecule has 126 valence electrons. The van der Waals surface area contributed by atoms with Gasteiger partial charge in [-0.05, 0) is 42.3 Å². The van der Waals surface area contributed by atoms with Crippen molar-refractivity contribution in [3.63, 3.8) is 0 Å². The van der Waals surface area contributed by atoms with E-state index in [0.717, 1.165) is 30.2 Å². The summed E-state index contributed by atoms with van der Waals surface area (Å²) in [5.41, 5.74) is 1.65. The monoisotopic (exact) mass is 349 g/mol. The van der Waals surface area contributed by atoms with Crippen molar-refractivity contribution >= 4 is 27.3 Å². The highest BCUT2D eigenvalue weighted by Crippen LogP contribution is 2.27. The third-order valence-corrected chi connectivity index (χ3v) is 5.15. The zero-order valence-corrected chi connectivity index (χ0v) is 13.7. The number of amides is 1. The standard InChI is InChI=1S/C16H16FN3O3S/c1-2-10-4-3-5-12(8-10)18-16(21)15-19-13-9-11(17)6-7-14(13)24(22,23)20-15/h3-9,15,19-20H,2H2,1H3,(H,18,21). The summed E-state index contributed by atoms with van der Waals surface area (Å²) >= 11 is 0. The summed E-state index contributed by atoms with van der Waals surface area (Å²) in [7, 11) is -3.90. The van der Waals surface area contributed by atoms with E-state index in [4.69, 9.17) is 0 Å². The Morgan fingerprint density at radius 2 is 2.04 bits per heavy atom. The lowest BCUT2D eigenvalue weighted by molar-refractivity contribution is -0.117. The molecule has 6 nitrogen and oxygen atoms in total. The van der Waals surface area contributed by atoms with E-state index >= 15 is 0 Å². The van der Waals surface area contributed by atoms with Gasteiger partial charge in [-0.1, -0.05) is 19.1 Å². The number of rotatable bonds is 3. The van der Waals surface area contributed by atoms with Crippen LogP contribution in [0.25, 0.3) is 0 Å². The van der Waals surface area contributed by atoms with Crippen LogP contribution in [0.5, 0.6) is 0 Å². The first kappa shape index (κ1) is 16.4. The molecule has 2 aromatic rings. The Kier molecular flexibility index (Phi) is 4.25. The molecule has 3 rings (SSSR count). The summed E-state index contributed by atoms with van der Waals surface area (Å²) in [6, 6.07) is 10.5. The van der Waals surface area contributed by atoms with Crippen molar-refractivity contribution in [2.75, 3.05) is 10.6 Å². The van der Waals surface area contributed by atoms with Gasteiger partial charge in [0.1, 0.15) is 10.7 Å². The number of benzene rings is 2. The number of halogens is 1. The van der Waals surface area contributed by atoms with E-state index in [1.54, 1.807) is 12.1 Å². The van der Waals surface area contributed by atoms with Gasteiger partial charge in [0.15, 0.2) is 6.17 Å². The van der Waals surface area contributed by atoms with Gasteiger partial charge in [-0.2, -0.15) is 4.72 Å². The highest BCUT2D eigenvalue weighted by atomic mass is 32.2. The van der Waals surface area contributed by atoms with Crippen LogP contribution in [0, 0.1) is 5.82 Å². The predicted octanol–water partition coefficient (Wildman–Crippen LogP) is 2.06. The van der Waals surface area contributed by atoms with Crippen molar-refractivity contribution in [1.82, 2.24) is 4.72 Å². The molecule has 3 N–H and O–H groups in total. The molecule has 1 unspecified atom stereocenters. The van der Waals surface area contributed by atoms with Gasteiger partial charge in [-0.15, -0.1) is 0 Å². The summed E-state index contributed by atoms with van der Waals surface area (Å²) < 4.78 is 40.0. The van der Waals surface area contributed by atoms with Crippen LogP contribution in [0.1, 0.15) is 12.5 Å². The second-order valence-electron chi connectivity index (χ2n) is 5.38. The lowest BCUT2D eigenvalue weighted by Crippen LogP contribution is -2.51. The Morgan fingerprint density at radius 3 is 2.79 bits per heavy atom. The largest absolute Gasteiger partial charge is 0.360 e. The van der Waals surface area contributed by atoms with Gasteiger partial charge in [0.05, 0.1) is 5.69 Å². The number of carbonyl (C=O) groups excluding carboxylic acids is 1. The summed E-state index contributed by atoms with van der Waals surface area (Å²) in [6.45, 7) is 1.99. The van der Waals surface area contributed by atoms with Gasteiger partial charge < -0.3 is 10.6 Å². The zero-order valence-electron chi connectivity index (χ0n) is 12.8. The second-order valence-corrected chi connectivity index (χ2v) is 7.06. The number of hydrogen-bond donors (Lipinski definition) is 3. The van der Waals surface area contributed by atoms with Crippen LogP contribution >= 0.6 is 0 Å². The Hall–Kier alpha value is -2.45. The summed E-state index contributed by atoms with van der Waals surface area (Å²) in [5, 5.41) is 5.35. The molecule has 1 amide bonds. The second kappa shape index (κ2) is 6.21. The molecule has 2 aromatic carbocycles. The van der Waals surface area contributed by atoms with Crippen LogP contribution in [0.3, 0.4) is 0 Å². The molecule has 0 fully saturated rings. The van der Waals surface area contributed by atoms with Gasteiger partial charge in [0.25, 0.3) is 5.91 Å². The summed E-state index contributed by atoms with van der Waals surface area (Å²) in [6.07, 6.45) is -0.417. The molecule has 8 heteroatoms. The highest BCUT2D eigenvalue weighted by molar-refractivity contribution is 7.89. The van der Waals surface area contributed by atoms with Gasteiger partial charge in [-0.25, -0.2) is 12.8 Å². The van der Waals surface area contributed by atoms with Crippen LogP contribution < -0.4 is 15.4 Å². The average Bonchev–Trinajstić information content (AvgIpc) is 2.53. The SMILES string of the molecule is CCc1cccc(NC(=O)C2Nc3cc(F)ccc3S(=O)(=O)N2)c1. The van der Waals surface area contributed by atoms with Crippen LogP contribution in [-0.2, 0) is 21.2 Å². The quantitative estimate of drug-likeness (QED) is 0.791. The number of sulfonamides is 1. The molecule has 0 aromatic heterocycles. The molecule has 24 heavy (non-hydrogen) atoms. The molecule has 0 saturated carbocycles. The van der Waals surface area contributed by atoms with E-state index < -0.39 is 27.9 Å². The van der Waals surface area contributed by atoms with Gasteiger partial charge in [-0.3, -0.25) is 4.79 Å². The van der Waals surface area contributed by atoms with Gasteiger partial charge in [0.2, 0.25) is 10.0 Å². The first-order chi connectivity index (χ1) is 11.4. The molecule has 0 saturated heterocycles. The van der Waals surface area contributed by atoms with Gasteiger partial charge >= 0.3 is 0 Å². The number of hydrogen-bond acceptors (Lipinski definition) is 4. The third kappa shape index (κ3) is 3.24. The van der Waals surface area contributed by atoms with Crippen molar-refractivity contribution in [3.05, 3.63) is 53.8 Å². The molecule has 0 bridgehead atoms. The third-order valence-electron chi connectivity index (χ3n) is 3.67. The number of anilines is 2. The van der Waals surface area contributed by atoms with Crippen LogP contribution in [0.15, 0.2) is 47.4 Å². The molecule has 0 spiro atoms. The molecule has 1 aliphatic heterocycles. The molecule has 0 radical (unpaired) electrons. The summed E-state index contributed by atoms with van der Waals surface area (Å²) in [5.74, 6) is -1.17. The smallest absolute Gasteiger partial charge is 0.262 e. The van der Waals surface area contributed by atoms with Crippen molar-refractivity contribution in [3.8, 4) is 0 Å². The molecular formula is C16H16FN3O3S. The van der Waals surface area contributed by atoms with Crippen LogP contribution in [-0.4, -0.2) is 20.5 Å². The Labute approximate surface area is 139 Å². The zero-order chi connectivity index (χ0) is 17.3. The van der Waals surface area contributed by atoms with Gasteiger partial charge in [0, 0.05) is 5.69 Å². The fourth-order valence-corrected chi connectivity index (χ4v) is 3.71. The minimum Gasteiger partial charge on any atom is -0.360 e. The van der Waals surface area contributed by atoms with Crippen LogP contribution in [0.4, 0.5) is 15.8 Å². The van der Waals surface area contributed by atoms with Crippen molar-refractivity contribution in [2.24, 2.45) is 0 Å². The first-order valence-corrected chi connectivity index (χ1v) is 8.85. The van der Waals surface area contributed by atoms with Crippen molar-refractivity contribution in [2.45, 2.75) is 24.4 Å². The molecule has 1 atom stereocenters. The molecule has 0 aliphatic carbocycles. The lowest BCUT2D eigenvalue weighted by Gasteiger charge is -2.27. The average molecular weight is 349 g/mol. The number of nitrogens with one attached hydrogen (secondary N) is 3. The Balaban J connectivity index is 1.84. The number of aryl methyl sites for hydroxylation is 1.